The molecule has 0 spiro atoms. The minimum Gasteiger partial charge on any atom is -0.266 e. The van der Waals surface area contributed by atoms with E-state index in [1.54, 1.807) is 18.2 Å². The molecule has 6 heteroatoms. The fourth-order valence-corrected chi connectivity index (χ4v) is 3.30. The standard InChI is InChI=1S/C16H19N3O2S/c1-3-7-13-11(4-2)10-14(22-13)16(21)19-18-15(20)12-8-5-6-9-17-12/h5-6,8-10H,3-4,7H2,1-2H3,(H,18,20)(H,19,21). The molecule has 0 saturated carbocycles. The van der Waals surface area contributed by atoms with Crippen molar-refractivity contribution in [2.24, 2.45) is 0 Å². The zero-order valence-corrected chi connectivity index (χ0v) is 13.5. The first-order valence-electron chi connectivity index (χ1n) is 7.29. The summed E-state index contributed by atoms with van der Waals surface area (Å²) >= 11 is 1.49. The third-order valence-corrected chi connectivity index (χ3v) is 4.40. The number of hydrazine groups is 1. The van der Waals surface area contributed by atoms with Crippen LogP contribution in [0.15, 0.2) is 30.5 Å². The fourth-order valence-electron chi connectivity index (χ4n) is 2.05. The second-order valence-electron chi connectivity index (χ2n) is 4.79. The van der Waals surface area contributed by atoms with Crippen molar-refractivity contribution in [2.75, 3.05) is 0 Å². The summed E-state index contributed by atoms with van der Waals surface area (Å²) in [5.41, 5.74) is 6.28. The summed E-state index contributed by atoms with van der Waals surface area (Å²) in [5.74, 6) is -0.735. The number of thiophene rings is 1. The molecule has 116 valence electrons. The molecule has 0 unspecified atom stereocenters. The molecule has 5 nitrogen and oxygen atoms in total. The monoisotopic (exact) mass is 317 g/mol. The Morgan fingerprint density at radius 1 is 1.18 bits per heavy atom. The van der Waals surface area contributed by atoms with E-state index in [-0.39, 0.29) is 11.6 Å². The predicted molar refractivity (Wildman–Crippen MR) is 86.9 cm³/mol. The van der Waals surface area contributed by atoms with Crippen molar-refractivity contribution in [3.8, 4) is 0 Å². The minimum absolute atomic E-state index is 0.259. The predicted octanol–water partition coefficient (Wildman–Crippen LogP) is 2.73. The van der Waals surface area contributed by atoms with E-state index in [1.165, 1.54) is 28.0 Å². The molecule has 2 amide bonds. The van der Waals surface area contributed by atoms with E-state index in [0.29, 0.717) is 4.88 Å². The largest absolute Gasteiger partial charge is 0.288 e. The summed E-state index contributed by atoms with van der Waals surface area (Å²) in [6.45, 7) is 4.19. The third-order valence-electron chi connectivity index (χ3n) is 3.17. The average molecular weight is 317 g/mol. The highest BCUT2D eigenvalue weighted by atomic mass is 32.1. The van der Waals surface area contributed by atoms with E-state index in [2.05, 4.69) is 29.7 Å². The number of nitrogens with zero attached hydrogens (tertiary/aromatic N) is 1. The van der Waals surface area contributed by atoms with E-state index in [4.69, 9.17) is 0 Å². The fraction of sp³-hybridized carbons (Fsp3) is 0.312. The van der Waals surface area contributed by atoms with Gasteiger partial charge in [0.1, 0.15) is 5.69 Å². The van der Waals surface area contributed by atoms with Gasteiger partial charge >= 0.3 is 0 Å². The summed E-state index contributed by atoms with van der Waals surface area (Å²) in [6, 6.07) is 6.93. The van der Waals surface area contributed by atoms with Crippen LogP contribution in [-0.2, 0) is 12.8 Å². The molecular weight excluding hydrogens is 298 g/mol. The molecule has 0 aliphatic heterocycles. The molecule has 0 saturated heterocycles. The highest BCUT2D eigenvalue weighted by Gasteiger charge is 2.14. The molecule has 22 heavy (non-hydrogen) atoms. The number of rotatable bonds is 5. The van der Waals surface area contributed by atoms with Gasteiger partial charge in [-0.2, -0.15) is 0 Å². The molecule has 0 aliphatic rings. The second kappa shape index (κ2) is 7.70. The maximum atomic E-state index is 12.1. The van der Waals surface area contributed by atoms with Gasteiger partial charge in [0.05, 0.1) is 4.88 Å². The number of nitrogens with one attached hydrogen (secondary N) is 2. The Labute approximate surface area is 133 Å². The van der Waals surface area contributed by atoms with Crippen LogP contribution in [0.25, 0.3) is 0 Å². The lowest BCUT2D eigenvalue weighted by atomic mass is 10.1. The van der Waals surface area contributed by atoms with Crippen molar-refractivity contribution in [2.45, 2.75) is 33.1 Å². The summed E-state index contributed by atoms with van der Waals surface area (Å²) in [4.78, 5) is 29.7. The Kier molecular flexibility index (Phi) is 5.66. The van der Waals surface area contributed by atoms with Gasteiger partial charge in [-0.15, -0.1) is 11.3 Å². The number of aromatic nitrogens is 1. The van der Waals surface area contributed by atoms with Gasteiger partial charge in [0.25, 0.3) is 11.8 Å². The SMILES string of the molecule is CCCc1sc(C(=O)NNC(=O)c2ccccn2)cc1CC. The van der Waals surface area contributed by atoms with E-state index in [1.807, 2.05) is 6.07 Å². The van der Waals surface area contributed by atoms with Crippen LogP contribution in [0.1, 0.15) is 50.9 Å². The summed E-state index contributed by atoms with van der Waals surface area (Å²) in [6.07, 6.45) is 4.45. The van der Waals surface area contributed by atoms with Crippen molar-refractivity contribution in [1.82, 2.24) is 15.8 Å². The molecule has 2 aromatic rings. The zero-order chi connectivity index (χ0) is 15.9. The minimum atomic E-state index is -0.435. The van der Waals surface area contributed by atoms with Crippen LogP contribution in [0.4, 0.5) is 0 Å². The van der Waals surface area contributed by atoms with Crippen molar-refractivity contribution < 1.29 is 9.59 Å². The number of pyridine rings is 1. The van der Waals surface area contributed by atoms with Gasteiger partial charge in [-0.3, -0.25) is 25.4 Å². The Morgan fingerprint density at radius 3 is 2.59 bits per heavy atom. The summed E-state index contributed by atoms with van der Waals surface area (Å²) in [5, 5.41) is 0. The van der Waals surface area contributed by atoms with Crippen LogP contribution in [0.3, 0.4) is 0 Å². The topological polar surface area (TPSA) is 71.1 Å². The molecule has 0 atom stereocenters. The first-order chi connectivity index (χ1) is 10.7. The van der Waals surface area contributed by atoms with Gasteiger partial charge in [-0.25, -0.2) is 0 Å². The molecule has 0 aromatic carbocycles. The maximum absolute atomic E-state index is 12.1. The smallest absolute Gasteiger partial charge is 0.266 e. The molecule has 0 fully saturated rings. The number of carbonyl (C=O) groups is 2. The van der Waals surface area contributed by atoms with E-state index < -0.39 is 5.91 Å². The quantitative estimate of drug-likeness (QED) is 0.833. The number of hydrogen-bond donors (Lipinski definition) is 2. The van der Waals surface area contributed by atoms with Crippen molar-refractivity contribution >= 4 is 23.2 Å². The first-order valence-corrected chi connectivity index (χ1v) is 8.10. The number of amides is 2. The molecule has 0 bridgehead atoms. The van der Waals surface area contributed by atoms with Crippen molar-refractivity contribution in [3.05, 3.63) is 51.5 Å². The lowest BCUT2D eigenvalue weighted by molar-refractivity contribution is 0.0846. The van der Waals surface area contributed by atoms with Crippen LogP contribution in [0.5, 0.6) is 0 Å². The van der Waals surface area contributed by atoms with Crippen LogP contribution >= 0.6 is 11.3 Å². The third kappa shape index (κ3) is 3.92. The van der Waals surface area contributed by atoms with Crippen LogP contribution < -0.4 is 10.9 Å². The maximum Gasteiger partial charge on any atom is 0.288 e. The lowest BCUT2D eigenvalue weighted by Crippen LogP contribution is -2.41. The molecule has 2 rings (SSSR count). The molecule has 0 radical (unpaired) electrons. The van der Waals surface area contributed by atoms with Gasteiger partial charge in [0.2, 0.25) is 0 Å². The van der Waals surface area contributed by atoms with Crippen LogP contribution in [0.2, 0.25) is 0 Å². The molecule has 2 N–H and O–H groups in total. The summed E-state index contributed by atoms with van der Waals surface area (Å²) < 4.78 is 0. The highest BCUT2D eigenvalue weighted by molar-refractivity contribution is 7.14. The molecule has 2 aromatic heterocycles. The van der Waals surface area contributed by atoms with Gasteiger partial charge in [-0.1, -0.05) is 26.3 Å². The van der Waals surface area contributed by atoms with E-state index >= 15 is 0 Å². The van der Waals surface area contributed by atoms with Crippen LogP contribution in [-0.4, -0.2) is 16.8 Å². The van der Waals surface area contributed by atoms with Crippen molar-refractivity contribution in [1.29, 1.82) is 0 Å². The molecule has 2 heterocycles. The van der Waals surface area contributed by atoms with Crippen molar-refractivity contribution in [3.63, 3.8) is 0 Å². The Bertz CT molecular complexity index is 653. The zero-order valence-electron chi connectivity index (χ0n) is 12.7. The highest BCUT2D eigenvalue weighted by Crippen LogP contribution is 2.24. The van der Waals surface area contributed by atoms with Gasteiger partial charge in [0.15, 0.2) is 0 Å². The Morgan fingerprint density at radius 2 is 1.95 bits per heavy atom. The number of aryl methyl sites for hydroxylation is 2. The second-order valence-corrected chi connectivity index (χ2v) is 5.92. The number of carbonyl (C=O) groups excluding carboxylic acids is 2. The Balaban J connectivity index is 1.99. The normalized spacial score (nSPS) is 10.3. The van der Waals surface area contributed by atoms with Gasteiger partial charge in [-0.05, 0) is 36.6 Å². The van der Waals surface area contributed by atoms with Crippen LogP contribution in [0, 0.1) is 0 Å². The Hall–Kier alpha value is -2.21. The van der Waals surface area contributed by atoms with Gasteiger partial charge < -0.3 is 0 Å². The first kappa shape index (κ1) is 16.2. The van der Waals surface area contributed by atoms with E-state index in [9.17, 15) is 9.59 Å². The summed E-state index contributed by atoms with van der Waals surface area (Å²) in [7, 11) is 0. The van der Waals surface area contributed by atoms with E-state index in [0.717, 1.165) is 19.3 Å². The van der Waals surface area contributed by atoms with Gasteiger partial charge in [0, 0.05) is 11.1 Å². The number of hydrogen-bond acceptors (Lipinski definition) is 4. The molecule has 0 aliphatic carbocycles. The lowest BCUT2D eigenvalue weighted by Gasteiger charge is -2.05. The average Bonchev–Trinajstić information content (AvgIpc) is 2.96. The molecular formula is C16H19N3O2S.